The largest absolute Gasteiger partial charge is 0.481 e. The average molecular weight is 232 g/mol. The molecule has 1 saturated carbocycles. The van der Waals surface area contributed by atoms with Crippen molar-refractivity contribution in [2.45, 2.75) is 24.7 Å². The molecule has 1 fully saturated rings. The second-order valence-electron chi connectivity index (χ2n) is 4.65. The number of imidazole rings is 1. The maximum atomic E-state index is 5.87. The number of nitrogens with two attached hydrogens (primary N) is 1. The van der Waals surface area contributed by atoms with Crippen LogP contribution in [-0.2, 0) is 5.41 Å². The number of H-pyrrole nitrogens is 1. The van der Waals surface area contributed by atoms with Gasteiger partial charge in [0.05, 0.1) is 12.6 Å². The minimum absolute atomic E-state index is 0.0495. The Labute approximate surface area is 99.4 Å². The van der Waals surface area contributed by atoms with Gasteiger partial charge in [0, 0.05) is 18.0 Å². The predicted octanol–water partition coefficient (Wildman–Crippen LogP) is 1.35. The highest BCUT2D eigenvalue weighted by atomic mass is 16.5. The quantitative estimate of drug-likeness (QED) is 0.837. The number of methoxy groups -OCH3 is 1. The molecule has 0 saturated heterocycles. The summed E-state index contributed by atoms with van der Waals surface area (Å²) in [6.45, 7) is 0.643. The average Bonchev–Trinajstić information content (AvgIpc) is 2.70. The molecule has 2 aromatic heterocycles. The zero-order valence-corrected chi connectivity index (χ0v) is 9.86. The Morgan fingerprint density at radius 1 is 1.41 bits per heavy atom. The fraction of sp³-hybridized carbons (Fsp3) is 0.500. The first-order valence-electron chi connectivity index (χ1n) is 5.89. The van der Waals surface area contributed by atoms with Gasteiger partial charge in [-0.25, -0.2) is 4.98 Å². The molecule has 3 N–H and O–H groups in total. The fourth-order valence-electron chi connectivity index (χ4n) is 2.38. The lowest BCUT2D eigenvalue weighted by Gasteiger charge is -2.38. The topological polar surface area (TPSA) is 76.8 Å². The van der Waals surface area contributed by atoms with Crippen LogP contribution in [-0.4, -0.2) is 28.6 Å². The Morgan fingerprint density at radius 2 is 2.24 bits per heavy atom. The molecule has 1 aliphatic rings. The molecule has 3 rings (SSSR count). The smallest absolute Gasteiger partial charge is 0.215 e. The molecule has 5 nitrogen and oxygen atoms in total. The molecule has 17 heavy (non-hydrogen) atoms. The minimum atomic E-state index is 0.0495. The minimum Gasteiger partial charge on any atom is -0.481 e. The molecule has 0 atom stereocenters. The van der Waals surface area contributed by atoms with Gasteiger partial charge in [0.15, 0.2) is 5.65 Å². The van der Waals surface area contributed by atoms with Crippen LogP contribution in [0.25, 0.3) is 11.2 Å². The van der Waals surface area contributed by atoms with Crippen LogP contribution >= 0.6 is 0 Å². The van der Waals surface area contributed by atoms with Crippen LogP contribution in [0.1, 0.15) is 25.1 Å². The van der Waals surface area contributed by atoms with Crippen LogP contribution < -0.4 is 10.5 Å². The maximum Gasteiger partial charge on any atom is 0.215 e. The molecule has 5 heteroatoms. The van der Waals surface area contributed by atoms with Crippen LogP contribution in [0.2, 0.25) is 0 Å². The van der Waals surface area contributed by atoms with Crippen molar-refractivity contribution in [2.75, 3.05) is 13.7 Å². The highest BCUT2D eigenvalue weighted by molar-refractivity contribution is 5.71. The number of nitrogens with zero attached hydrogens (tertiary/aromatic N) is 2. The first kappa shape index (κ1) is 10.5. The number of hydrogen-bond acceptors (Lipinski definition) is 4. The van der Waals surface area contributed by atoms with E-state index in [1.165, 1.54) is 6.42 Å². The van der Waals surface area contributed by atoms with Crippen LogP contribution in [0.15, 0.2) is 12.1 Å². The fourth-order valence-corrected chi connectivity index (χ4v) is 2.38. The van der Waals surface area contributed by atoms with Gasteiger partial charge in [-0.15, -0.1) is 0 Å². The Morgan fingerprint density at radius 3 is 2.82 bits per heavy atom. The van der Waals surface area contributed by atoms with Gasteiger partial charge in [0.2, 0.25) is 5.88 Å². The highest BCUT2D eigenvalue weighted by Crippen LogP contribution is 2.41. The summed E-state index contributed by atoms with van der Waals surface area (Å²) in [5, 5.41) is 0. The van der Waals surface area contributed by atoms with Crippen LogP contribution in [0.4, 0.5) is 0 Å². The van der Waals surface area contributed by atoms with Crippen LogP contribution in [0, 0.1) is 0 Å². The summed E-state index contributed by atoms with van der Waals surface area (Å²) < 4.78 is 5.09. The zero-order chi connectivity index (χ0) is 11.9. The van der Waals surface area contributed by atoms with E-state index >= 15 is 0 Å². The lowest BCUT2D eigenvalue weighted by atomic mass is 9.68. The molecule has 0 bridgehead atoms. The number of pyridine rings is 1. The zero-order valence-electron chi connectivity index (χ0n) is 9.86. The Bertz CT molecular complexity index is 539. The SMILES string of the molecule is COc1ccc2[nH]c(C3(CN)CCC3)nc2n1. The Kier molecular flexibility index (Phi) is 2.29. The van der Waals surface area contributed by atoms with Gasteiger partial charge < -0.3 is 15.5 Å². The summed E-state index contributed by atoms with van der Waals surface area (Å²) in [5.41, 5.74) is 7.58. The molecule has 0 radical (unpaired) electrons. The summed E-state index contributed by atoms with van der Waals surface area (Å²) >= 11 is 0. The number of ether oxygens (including phenoxy) is 1. The van der Waals surface area contributed by atoms with E-state index in [2.05, 4.69) is 15.0 Å². The first-order chi connectivity index (χ1) is 8.27. The monoisotopic (exact) mass is 232 g/mol. The highest BCUT2D eigenvalue weighted by Gasteiger charge is 2.40. The Hall–Kier alpha value is -1.62. The van der Waals surface area contributed by atoms with Crippen LogP contribution in [0.5, 0.6) is 5.88 Å². The molecule has 2 heterocycles. The molecule has 90 valence electrons. The number of fused-ring (bicyclic) bond motifs is 1. The van der Waals surface area contributed by atoms with E-state index in [1.54, 1.807) is 7.11 Å². The van der Waals surface area contributed by atoms with Gasteiger partial charge in [0.1, 0.15) is 5.82 Å². The molecule has 0 spiro atoms. The molecule has 2 aromatic rings. The summed E-state index contributed by atoms with van der Waals surface area (Å²) in [7, 11) is 1.61. The third-order valence-corrected chi connectivity index (χ3v) is 3.73. The summed E-state index contributed by atoms with van der Waals surface area (Å²) in [5.74, 6) is 1.56. The van der Waals surface area contributed by atoms with Crippen molar-refractivity contribution >= 4 is 11.2 Å². The van der Waals surface area contributed by atoms with Crippen molar-refractivity contribution in [1.29, 1.82) is 0 Å². The normalized spacial score (nSPS) is 18.0. The predicted molar refractivity (Wildman–Crippen MR) is 65.0 cm³/mol. The van der Waals surface area contributed by atoms with E-state index in [4.69, 9.17) is 10.5 Å². The van der Waals surface area contributed by atoms with Crippen molar-refractivity contribution in [1.82, 2.24) is 15.0 Å². The third-order valence-electron chi connectivity index (χ3n) is 3.73. The number of rotatable bonds is 3. The Balaban J connectivity index is 2.07. The van der Waals surface area contributed by atoms with Crippen molar-refractivity contribution in [3.8, 4) is 5.88 Å². The van der Waals surface area contributed by atoms with Gasteiger partial charge in [-0.3, -0.25) is 0 Å². The van der Waals surface area contributed by atoms with Crippen molar-refractivity contribution < 1.29 is 4.74 Å². The summed E-state index contributed by atoms with van der Waals surface area (Å²) in [6, 6.07) is 3.78. The maximum absolute atomic E-state index is 5.87. The van der Waals surface area contributed by atoms with Gasteiger partial charge in [-0.05, 0) is 18.9 Å². The number of hydrogen-bond donors (Lipinski definition) is 2. The molecule has 1 aliphatic carbocycles. The molecule has 0 unspecified atom stereocenters. The molecule has 0 aromatic carbocycles. The van der Waals surface area contributed by atoms with Gasteiger partial charge in [-0.1, -0.05) is 6.42 Å². The molecule has 0 amide bonds. The van der Waals surface area contributed by atoms with Crippen molar-refractivity contribution in [3.05, 3.63) is 18.0 Å². The van der Waals surface area contributed by atoms with E-state index < -0.39 is 0 Å². The van der Waals surface area contributed by atoms with Gasteiger partial charge in [0.25, 0.3) is 0 Å². The number of aromatic nitrogens is 3. The third kappa shape index (κ3) is 1.50. The van der Waals surface area contributed by atoms with Crippen LogP contribution in [0.3, 0.4) is 0 Å². The standard InChI is InChI=1S/C12H16N4O/c1-17-9-4-3-8-10(15-9)16-11(14-8)12(7-13)5-2-6-12/h3-4H,2,5-7,13H2,1H3,(H,14,15,16). The van der Waals surface area contributed by atoms with E-state index in [0.717, 1.165) is 24.2 Å². The molecule has 0 aliphatic heterocycles. The second-order valence-corrected chi connectivity index (χ2v) is 4.65. The molecular weight excluding hydrogens is 216 g/mol. The van der Waals surface area contributed by atoms with E-state index in [1.807, 2.05) is 12.1 Å². The van der Waals surface area contributed by atoms with E-state index in [-0.39, 0.29) is 5.41 Å². The van der Waals surface area contributed by atoms with Crippen molar-refractivity contribution in [3.63, 3.8) is 0 Å². The van der Waals surface area contributed by atoms with Crippen molar-refractivity contribution in [2.24, 2.45) is 5.73 Å². The number of aromatic amines is 1. The first-order valence-corrected chi connectivity index (χ1v) is 5.89. The van der Waals surface area contributed by atoms with Gasteiger partial charge in [-0.2, -0.15) is 4.98 Å². The summed E-state index contributed by atoms with van der Waals surface area (Å²) in [6.07, 6.45) is 3.45. The second kappa shape index (κ2) is 3.70. The lowest BCUT2D eigenvalue weighted by molar-refractivity contribution is 0.240. The van der Waals surface area contributed by atoms with E-state index in [9.17, 15) is 0 Å². The van der Waals surface area contributed by atoms with Gasteiger partial charge >= 0.3 is 0 Å². The number of nitrogens with one attached hydrogen (secondary N) is 1. The lowest BCUT2D eigenvalue weighted by Crippen LogP contribution is -2.42. The van der Waals surface area contributed by atoms with E-state index in [0.29, 0.717) is 18.1 Å². The summed E-state index contributed by atoms with van der Waals surface area (Å²) in [4.78, 5) is 12.2. The molecular formula is C12H16N4O.